The van der Waals surface area contributed by atoms with Crippen LogP contribution in [0.15, 0.2) is 24.3 Å². The second-order valence-electron chi connectivity index (χ2n) is 8.66. The van der Waals surface area contributed by atoms with Gasteiger partial charge in [0.15, 0.2) is 0 Å². The summed E-state index contributed by atoms with van der Waals surface area (Å²) < 4.78 is 38.4. The topological polar surface area (TPSA) is 102 Å². The number of piperazine rings is 1. The third-order valence-corrected chi connectivity index (χ3v) is 6.15. The average molecular weight is 498 g/mol. The maximum absolute atomic E-state index is 12.8. The number of nitrogens with zero attached hydrogens (tertiary/aromatic N) is 3. The number of carbonyl (C=O) groups excluding carboxylic acids is 4. The van der Waals surface area contributed by atoms with Crippen LogP contribution in [0.3, 0.4) is 0 Å². The van der Waals surface area contributed by atoms with Crippen LogP contribution >= 0.6 is 0 Å². The number of carbonyl (C=O) groups is 4. The molecule has 1 aromatic carbocycles. The molecule has 2 aliphatic rings. The zero-order chi connectivity index (χ0) is 25.6. The smallest absolute Gasteiger partial charge is 0.350 e. The van der Waals surface area contributed by atoms with Crippen LogP contribution in [-0.2, 0) is 20.6 Å². The number of likely N-dealkylation sites (tertiary alicyclic amines) is 1. The Hall–Kier alpha value is -3.15. The summed E-state index contributed by atoms with van der Waals surface area (Å²) in [7, 11) is 0. The lowest BCUT2D eigenvalue weighted by atomic mass is 10.1. The van der Waals surface area contributed by atoms with Gasteiger partial charge in [-0.05, 0) is 24.6 Å². The standard InChI is InChI=1S/C23H30F3N5O4/c1-2-20(33)30-8-10-31(11-9-30)21(34)15-29-7-6-18(14-29)28-19(32)13-27-22(35)16-4-3-5-17(12-16)23(24,25)26/h3-5,12,18H,2,6-11,13-15H2,1H3,(H,27,35)(H,28,32)/t18-/m1/s1. The second kappa shape index (κ2) is 11.5. The monoisotopic (exact) mass is 497 g/mol. The molecule has 2 aliphatic heterocycles. The summed E-state index contributed by atoms with van der Waals surface area (Å²) in [5.41, 5.74) is -1.12. The van der Waals surface area contributed by atoms with E-state index in [0.717, 1.165) is 18.2 Å². The van der Waals surface area contributed by atoms with Crippen molar-refractivity contribution in [2.24, 2.45) is 0 Å². The largest absolute Gasteiger partial charge is 0.416 e. The zero-order valence-electron chi connectivity index (χ0n) is 19.6. The van der Waals surface area contributed by atoms with E-state index >= 15 is 0 Å². The zero-order valence-corrected chi connectivity index (χ0v) is 19.6. The molecule has 2 heterocycles. The van der Waals surface area contributed by atoms with Gasteiger partial charge in [-0.1, -0.05) is 13.0 Å². The number of benzene rings is 1. The highest BCUT2D eigenvalue weighted by Crippen LogP contribution is 2.29. The van der Waals surface area contributed by atoms with Crippen LogP contribution in [0.2, 0.25) is 0 Å². The number of rotatable bonds is 7. The molecule has 0 aliphatic carbocycles. The van der Waals surface area contributed by atoms with Crippen molar-refractivity contribution in [3.63, 3.8) is 0 Å². The van der Waals surface area contributed by atoms with Gasteiger partial charge >= 0.3 is 6.18 Å². The van der Waals surface area contributed by atoms with E-state index in [1.807, 2.05) is 11.8 Å². The molecule has 0 aromatic heterocycles. The first-order valence-corrected chi connectivity index (χ1v) is 11.6. The minimum Gasteiger partial charge on any atom is -0.350 e. The summed E-state index contributed by atoms with van der Waals surface area (Å²) in [4.78, 5) is 54.2. The second-order valence-corrected chi connectivity index (χ2v) is 8.66. The van der Waals surface area contributed by atoms with Gasteiger partial charge in [-0.25, -0.2) is 0 Å². The Bertz CT molecular complexity index is 947. The summed E-state index contributed by atoms with van der Waals surface area (Å²) in [6.45, 7) is 4.84. The lowest BCUT2D eigenvalue weighted by molar-refractivity contribution is -0.139. The van der Waals surface area contributed by atoms with Gasteiger partial charge in [0.2, 0.25) is 17.7 Å². The summed E-state index contributed by atoms with van der Waals surface area (Å²) >= 11 is 0. The molecule has 0 radical (unpaired) electrons. The van der Waals surface area contributed by atoms with E-state index in [2.05, 4.69) is 10.6 Å². The molecule has 2 fully saturated rings. The van der Waals surface area contributed by atoms with E-state index in [-0.39, 0.29) is 36.5 Å². The highest BCUT2D eigenvalue weighted by molar-refractivity contribution is 5.96. The first-order chi connectivity index (χ1) is 16.6. The number of hydrogen-bond donors (Lipinski definition) is 2. The number of alkyl halides is 3. The van der Waals surface area contributed by atoms with Gasteiger partial charge in [0, 0.05) is 57.3 Å². The van der Waals surface area contributed by atoms with Gasteiger partial charge < -0.3 is 20.4 Å². The van der Waals surface area contributed by atoms with Crippen molar-refractivity contribution in [1.82, 2.24) is 25.3 Å². The Morgan fingerprint density at radius 2 is 1.66 bits per heavy atom. The normalized spacial score (nSPS) is 18.9. The Morgan fingerprint density at radius 1 is 1.00 bits per heavy atom. The third-order valence-electron chi connectivity index (χ3n) is 6.15. The SMILES string of the molecule is CCC(=O)N1CCN(C(=O)CN2CC[C@@H](NC(=O)CNC(=O)c3cccc(C(F)(F)F)c3)C2)CC1. The minimum atomic E-state index is -4.56. The molecule has 2 saturated heterocycles. The van der Waals surface area contributed by atoms with Gasteiger partial charge in [-0.3, -0.25) is 24.1 Å². The molecule has 0 saturated carbocycles. The van der Waals surface area contributed by atoms with Crippen LogP contribution in [-0.4, -0.2) is 96.7 Å². The molecule has 192 valence electrons. The summed E-state index contributed by atoms with van der Waals surface area (Å²) in [6.07, 6.45) is -3.48. The molecule has 3 rings (SSSR count). The molecular weight excluding hydrogens is 467 g/mol. The molecule has 4 amide bonds. The summed E-state index contributed by atoms with van der Waals surface area (Å²) in [5, 5.41) is 5.12. The fourth-order valence-electron chi connectivity index (χ4n) is 4.19. The van der Waals surface area contributed by atoms with E-state index < -0.39 is 23.6 Å². The molecule has 2 N–H and O–H groups in total. The third kappa shape index (κ3) is 7.41. The summed E-state index contributed by atoms with van der Waals surface area (Å²) in [6, 6.07) is 3.79. The molecule has 12 heteroatoms. The predicted molar refractivity (Wildman–Crippen MR) is 120 cm³/mol. The van der Waals surface area contributed by atoms with Gasteiger partial charge in [-0.2, -0.15) is 13.2 Å². The van der Waals surface area contributed by atoms with Gasteiger partial charge in [0.1, 0.15) is 0 Å². The van der Waals surface area contributed by atoms with Crippen molar-refractivity contribution < 1.29 is 32.3 Å². The van der Waals surface area contributed by atoms with E-state index in [1.165, 1.54) is 6.07 Å². The van der Waals surface area contributed by atoms with E-state index in [4.69, 9.17) is 0 Å². The summed E-state index contributed by atoms with van der Waals surface area (Å²) in [5.74, 6) is -1.17. The van der Waals surface area contributed by atoms with Crippen molar-refractivity contribution >= 4 is 23.6 Å². The number of hydrogen-bond acceptors (Lipinski definition) is 5. The fourth-order valence-corrected chi connectivity index (χ4v) is 4.19. The van der Waals surface area contributed by atoms with Gasteiger partial charge in [0.05, 0.1) is 18.7 Å². The van der Waals surface area contributed by atoms with E-state index in [0.29, 0.717) is 52.1 Å². The van der Waals surface area contributed by atoms with Crippen LogP contribution in [0.4, 0.5) is 13.2 Å². The van der Waals surface area contributed by atoms with Crippen LogP contribution in [0, 0.1) is 0 Å². The van der Waals surface area contributed by atoms with Gasteiger partial charge in [-0.15, -0.1) is 0 Å². The maximum atomic E-state index is 12.8. The average Bonchev–Trinajstić information content (AvgIpc) is 3.28. The number of nitrogens with one attached hydrogen (secondary N) is 2. The molecule has 0 spiro atoms. The lowest BCUT2D eigenvalue weighted by Gasteiger charge is -2.35. The highest BCUT2D eigenvalue weighted by Gasteiger charge is 2.31. The molecule has 1 aromatic rings. The first kappa shape index (κ1) is 26.5. The van der Waals surface area contributed by atoms with Crippen molar-refractivity contribution in [3.8, 4) is 0 Å². The van der Waals surface area contributed by atoms with E-state index in [1.54, 1.807) is 9.80 Å². The quantitative estimate of drug-likeness (QED) is 0.578. The number of amides is 4. The Kier molecular flexibility index (Phi) is 8.71. The molecule has 9 nitrogen and oxygen atoms in total. The van der Waals surface area contributed by atoms with Crippen LogP contribution in [0.5, 0.6) is 0 Å². The van der Waals surface area contributed by atoms with Crippen molar-refractivity contribution in [1.29, 1.82) is 0 Å². The number of halogens is 3. The minimum absolute atomic E-state index is 0.0195. The van der Waals surface area contributed by atoms with Crippen molar-refractivity contribution in [2.45, 2.75) is 32.0 Å². The Morgan fingerprint density at radius 3 is 2.29 bits per heavy atom. The molecular formula is C23H30F3N5O4. The van der Waals surface area contributed by atoms with E-state index in [9.17, 15) is 32.3 Å². The molecule has 35 heavy (non-hydrogen) atoms. The Labute approximate surface area is 201 Å². The predicted octanol–water partition coefficient (Wildman–Crippen LogP) is 0.707. The highest BCUT2D eigenvalue weighted by atomic mass is 19.4. The molecule has 1 atom stereocenters. The van der Waals surface area contributed by atoms with Crippen molar-refractivity contribution in [3.05, 3.63) is 35.4 Å². The van der Waals surface area contributed by atoms with Crippen molar-refractivity contribution in [2.75, 3.05) is 52.4 Å². The first-order valence-electron chi connectivity index (χ1n) is 11.6. The van der Waals surface area contributed by atoms with Crippen LogP contribution in [0.25, 0.3) is 0 Å². The molecule has 0 unspecified atom stereocenters. The Balaban J connectivity index is 1.38. The lowest BCUT2D eigenvalue weighted by Crippen LogP contribution is -2.52. The van der Waals surface area contributed by atoms with Gasteiger partial charge in [0.25, 0.3) is 5.91 Å². The maximum Gasteiger partial charge on any atom is 0.416 e. The fraction of sp³-hybridized carbons (Fsp3) is 0.565. The molecule has 0 bridgehead atoms. The van der Waals surface area contributed by atoms with Crippen LogP contribution < -0.4 is 10.6 Å². The van der Waals surface area contributed by atoms with Crippen LogP contribution in [0.1, 0.15) is 35.7 Å².